The van der Waals surface area contributed by atoms with Gasteiger partial charge in [-0.1, -0.05) is 0 Å². The first-order valence-electron chi connectivity index (χ1n) is 2.48. The van der Waals surface area contributed by atoms with Crippen LogP contribution in [0.15, 0.2) is 0 Å². The van der Waals surface area contributed by atoms with E-state index in [0.717, 1.165) is 0 Å². The van der Waals surface area contributed by atoms with E-state index in [4.69, 9.17) is 17.3 Å². The second-order valence-corrected chi connectivity index (χ2v) is 2.20. The van der Waals surface area contributed by atoms with Crippen molar-refractivity contribution >= 4 is 22.6 Å². The Bertz CT molecular complexity index is 135. The molecule has 0 spiro atoms. The van der Waals surface area contributed by atoms with E-state index in [9.17, 15) is 9.59 Å². The summed E-state index contributed by atoms with van der Waals surface area (Å²) in [4.78, 5) is 20.4. The Kier molecular flexibility index (Phi) is 3.42. The zero-order valence-corrected chi connectivity index (χ0v) is 5.81. The fourth-order valence-electron chi connectivity index (χ4n) is 0.317. The third-order valence-corrected chi connectivity index (χ3v) is 1.06. The Balaban J connectivity index is 3.63. The molecular weight excluding hydrogens is 142 g/mol. The minimum Gasteiger partial charge on any atom is -0.321 e. The van der Waals surface area contributed by atoms with Crippen LogP contribution in [0.4, 0.5) is 0 Å². The summed E-state index contributed by atoms with van der Waals surface area (Å²) in [7, 11) is 0. The van der Waals surface area contributed by atoms with Gasteiger partial charge in [-0.15, -0.1) is 0 Å². The zero-order chi connectivity index (χ0) is 7.44. The largest absolute Gasteiger partial charge is 0.321 e. The van der Waals surface area contributed by atoms with Crippen molar-refractivity contribution in [3.63, 3.8) is 0 Å². The van der Waals surface area contributed by atoms with Crippen LogP contribution in [0, 0.1) is 0 Å². The molecule has 1 atom stereocenters. The van der Waals surface area contributed by atoms with Gasteiger partial charge in [0.2, 0.25) is 5.24 Å². The summed E-state index contributed by atoms with van der Waals surface area (Å²) in [5.41, 5.74) is 5.16. The third kappa shape index (κ3) is 4.12. The van der Waals surface area contributed by atoms with E-state index < -0.39 is 11.3 Å². The van der Waals surface area contributed by atoms with E-state index in [2.05, 4.69) is 0 Å². The number of halogens is 1. The molecule has 3 nitrogen and oxygen atoms in total. The van der Waals surface area contributed by atoms with Crippen LogP contribution in [0.1, 0.15) is 13.3 Å². The first-order valence-corrected chi connectivity index (χ1v) is 2.86. The lowest BCUT2D eigenvalue weighted by Crippen LogP contribution is -2.29. The average Bonchev–Trinajstić information content (AvgIpc) is 1.63. The first-order chi connectivity index (χ1) is 4.04. The lowest BCUT2D eigenvalue weighted by atomic mass is 10.2. The summed E-state index contributed by atoms with van der Waals surface area (Å²) in [6.45, 7) is 1.32. The van der Waals surface area contributed by atoms with Crippen molar-refractivity contribution in [2.45, 2.75) is 19.4 Å². The number of Topliss-reactive ketones (excluding diaryl/α,β-unsaturated/α-hetero) is 1. The van der Waals surface area contributed by atoms with Crippen LogP contribution >= 0.6 is 11.6 Å². The Morgan fingerprint density at radius 1 is 1.67 bits per heavy atom. The molecule has 0 saturated heterocycles. The molecule has 0 amide bonds. The van der Waals surface area contributed by atoms with Crippen molar-refractivity contribution in [1.82, 2.24) is 0 Å². The molecular formula is C5H8ClNO2. The number of ketones is 1. The topological polar surface area (TPSA) is 60.2 Å². The molecule has 0 radical (unpaired) electrons. The van der Waals surface area contributed by atoms with Crippen molar-refractivity contribution < 1.29 is 9.59 Å². The molecule has 0 aliphatic carbocycles. The fourth-order valence-corrected chi connectivity index (χ4v) is 0.483. The van der Waals surface area contributed by atoms with Crippen LogP contribution in [0.2, 0.25) is 0 Å². The molecule has 0 saturated carbocycles. The monoisotopic (exact) mass is 149 g/mol. The van der Waals surface area contributed by atoms with E-state index >= 15 is 0 Å². The number of hydrogen-bond acceptors (Lipinski definition) is 3. The minimum absolute atomic E-state index is 0.0725. The molecule has 0 rings (SSSR count). The van der Waals surface area contributed by atoms with E-state index in [1.165, 1.54) is 6.92 Å². The average molecular weight is 150 g/mol. The van der Waals surface area contributed by atoms with Crippen LogP contribution in [-0.4, -0.2) is 17.1 Å². The minimum atomic E-state index is -0.727. The summed E-state index contributed by atoms with van der Waals surface area (Å²) in [5.74, 6) is -0.219. The highest BCUT2D eigenvalue weighted by Crippen LogP contribution is 1.93. The van der Waals surface area contributed by atoms with Gasteiger partial charge >= 0.3 is 0 Å². The number of rotatable bonds is 3. The first kappa shape index (κ1) is 8.59. The summed E-state index contributed by atoms with van der Waals surface area (Å²) >= 11 is 4.95. The Hall–Kier alpha value is -0.410. The van der Waals surface area contributed by atoms with Crippen molar-refractivity contribution in [3.05, 3.63) is 0 Å². The SMILES string of the molecule is CC(=O)C(N)CC(=O)Cl. The highest BCUT2D eigenvalue weighted by Gasteiger charge is 2.10. The maximum Gasteiger partial charge on any atom is 0.223 e. The highest BCUT2D eigenvalue weighted by molar-refractivity contribution is 6.63. The van der Waals surface area contributed by atoms with E-state index in [1.807, 2.05) is 0 Å². The second-order valence-electron chi connectivity index (χ2n) is 1.78. The Labute approximate surface area is 58.2 Å². The van der Waals surface area contributed by atoms with Crippen molar-refractivity contribution in [2.24, 2.45) is 5.73 Å². The van der Waals surface area contributed by atoms with Gasteiger partial charge in [-0.3, -0.25) is 9.59 Å². The lowest BCUT2D eigenvalue weighted by Gasteiger charge is -2.00. The molecule has 52 valence electrons. The normalized spacial score (nSPS) is 12.8. The second kappa shape index (κ2) is 3.58. The Morgan fingerprint density at radius 3 is 2.22 bits per heavy atom. The van der Waals surface area contributed by atoms with Gasteiger partial charge in [-0.05, 0) is 18.5 Å². The van der Waals surface area contributed by atoms with Gasteiger partial charge in [-0.2, -0.15) is 0 Å². The molecule has 2 N–H and O–H groups in total. The fraction of sp³-hybridized carbons (Fsp3) is 0.600. The van der Waals surface area contributed by atoms with Crippen molar-refractivity contribution in [2.75, 3.05) is 0 Å². The predicted molar refractivity (Wildman–Crippen MR) is 34.1 cm³/mol. The molecule has 9 heavy (non-hydrogen) atoms. The molecule has 0 aromatic heterocycles. The molecule has 4 heteroatoms. The number of carbonyl (C=O) groups is 2. The summed E-state index contributed by atoms with van der Waals surface area (Å²) in [6, 6.07) is -0.727. The standard InChI is InChI=1S/C5H8ClNO2/c1-3(8)4(7)2-5(6)9/h4H,2,7H2,1H3. The maximum atomic E-state index is 10.3. The zero-order valence-electron chi connectivity index (χ0n) is 5.06. The van der Waals surface area contributed by atoms with Crippen LogP contribution in [0.5, 0.6) is 0 Å². The van der Waals surface area contributed by atoms with E-state index in [0.29, 0.717) is 0 Å². The molecule has 0 bridgehead atoms. The smallest absolute Gasteiger partial charge is 0.223 e. The molecule has 0 aromatic carbocycles. The number of carbonyl (C=O) groups excluding carboxylic acids is 2. The highest BCUT2D eigenvalue weighted by atomic mass is 35.5. The molecule has 0 fully saturated rings. The van der Waals surface area contributed by atoms with Gasteiger partial charge in [0.15, 0.2) is 0 Å². The molecule has 0 heterocycles. The number of nitrogens with two attached hydrogens (primary N) is 1. The molecule has 0 aromatic rings. The van der Waals surface area contributed by atoms with Crippen LogP contribution in [0.25, 0.3) is 0 Å². The summed E-state index contributed by atoms with van der Waals surface area (Å²) in [6.07, 6.45) is -0.0725. The molecule has 1 unspecified atom stereocenters. The van der Waals surface area contributed by atoms with E-state index in [-0.39, 0.29) is 12.2 Å². The van der Waals surface area contributed by atoms with Gasteiger partial charge in [0.05, 0.1) is 6.04 Å². The van der Waals surface area contributed by atoms with Gasteiger partial charge in [0, 0.05) is 6.42 Å². The third-order valence-electron chi connectivity index (χ3n) is 0.903. The summed E-state index contributed by atoms with van der Waals surface area (Å²) in [5, 5.41) is -0.572. The van der Waals surface area contributed by atoms with Crippen molar-refractivity contribution in [1.29, 1.82) is 0 Å². The van der Waals surface area contributed by atoms with Gasteiger partial charge in [0.1, 0.15) is 5.78 Å². The van der Waals surface area contributed by atoms with Crippen LogP contribution in [-0.2, 0) is 9.59 Å². The van der Waals surface area contributed by atoms with Gasteiger partial charge < -0.3 is 5.73 Å². The van der Waals surface area contributed by atoms with Crippen LogP contribution < -0.4 is 5.73 Å². The molecule has 0 aliphatic heterocycles. The predicted octanol–water partition coefficient (Wildman–Crippen LogP) is 0.0582. The lowest BCUT2D eigenvalue weighted by molar-refractivity contribution is -0.121. The van der Waals surface area contributed by atoms with Gasteiger partial charge in [0.25, 0.3) is 0 Å². The van der Waals surface area contributed by atoms with Crippen molar-refractivity contribution in [3.8, 4) is 0 Å². The van der Waals surface area contributed by atoms with Crippen LogP contribution in [0.3, 0.4) is 0 Å². The Morgan fingerprint density at radius 2 is 2.11 bits per heavy atom. The summed E-state index contributed by atoms with van der Waals surface area (Å²) < 4.78 is 0. The van der Waals surface area contributed by atoms with E-state index in [1.54, 1.807) is 0 Å². The maximum absolute atomic E-state index is 10.3. The number of hydrogen-bond donors (Lipinski definition) is 1. The quantitative estimate of drug-likeness (QED) is 0.578. The van der Waals surface area contributed by atoms with Gasteiger partial charge in [-0.25, -0.2) is 0 Å². The molecule has 0 aliphatic rings.